The quantitative estimate of drug-likeness (QED) is 0.478. The Morgan fingerprint density at radius 3 is 2.60 bits per heavy atom. The number of nitrogens with zero attached hydrogens (tertiary/aromatic N) is 1. The van der Waals surface area contributed by atoms with E-state index in [1.807, 2.05) is 36.4 Å². The SMILES string of the molecule is CCOC(=O)c1c(C)noc1-c1ccc2cc(C#CC3(C(=O)OC)CC3)ccc2c1. The maximum absolute atomic E-state index is 12.3. The highest BCUT2D eigenvalue weighted by Gasteiger charge is 2.50. The summed E-state index contributed by atoms with van der Waals surface area (Å²) in [6, 6.07) is 11.6. The third-order valence-corrected chi connectivity index (χ3v) is 5.22. The summed E-state index contributed by atoms with van der Waals surface area (Å²) in [4.78, 5) is 24.1. The Bertz CT molecular complexity index is 1210. The first-order chi connectivity index (χ1) is 14.5. The van der Waals surface area contributed by atoms with Crippen LogP contribution in [0.15, 0.2) is 40.9 Å². The van der Waals surface area contributed by atoms with E-state index in [1.54, 1.807) is 13.8 Å². The minimum absolute atomic E-state index is 0.264. The number of hydrogen-bond acceptors (Lipinski definition) is 6. The minimum atomic E-state index is -0.638. The fourth-order valence-corrected chi connectivity index (χ4v) is 3.37. The highest BCUT2D eigenvalue weighted by Crippen LogP contribution is 2.46. The highest BCUT2D eigenvalue weighted by atomic mass is 16.5. The summed E-state index contributed by atoms with van der Waals surface area (Å²) in [5.74, 6) is 5.86. The molecule has 4 rings (SSSR count). The van der Waals surface area contributed by atoms with Crippen molar-refractivity contribution in [2.45, 2.75) is 26.7 Å². The zero-order valence-electron chi connectivity index (χ0n) is 17.1. The van der Waals surface area contributed by atoms with Crippen LogP contribution in [0.4, 0.5) is 0 Å². The van der Waals surface area contributed by atoms with Gasteiger partial charge in [-0.25, -0.2) is 4.79 Å². The van der Waals surface area contributed by atoms with Crippen molar-refractivity contribution in [1.82, 2.24) is 5.16 Å². The van der Waals surface area contributed by atoms with Gasteiger partial charge in [0.15, 0.2) is 5.76 Å². The van der Waals surface area contributed by atoms with Crippen molar-refractivity contribution >= 4 is 22.7 Å². The number of carbonyl (C=O) groups excluding carboxylic acids is 2. The van der Waals surface area contributed by atoms with Gasteiger partial charge in [0, 0.05) is 11.1 Å². The third-order valence-electron chi connectivity index (χ3n) is 5.22. The van der Waals surface area contributed by atoms with Crippen LogP contribution in [0.5, 0.6) is 0 Å². The van der Waals surface area contributed by atoms with Crippen LogP contribution in [0.1, 0.15) is 41.4 Å². The Kier molecular flexibility index (Phi) is 5.04. The number of fused-ring (bicyclic) bond motifs is 1. The second-order valence-corrected chi connectivity index (χ2v) is 7.29. The van der Waals surface area contributed by atoms with Gasteiger partial charge in [-0.15, -0.1) is 0 Å². The Balaban J connectivity index is 1.66. The van der Waals surface area contributed by atoms with Crippen LogP contribution >= 0.6 is 0 Å². The van der Waals surface area contributed by atoms with Gasteiger partial charge in [-0.05, 0) is 55.7 Å². The van der Waals surface area contributed by atoms with E-state index < -0.39 is 11.4 Å². The average Bonchev–Trinajstić information content (AvgIpc) is 3.45. The number of aryl methyl sites for hydroxylation is 1. The molecule has 0 atom stereocenters. The molecule has 0 spiro atoms. The summed E-state index contributed by atoms with van der Waals surface area (Å²) >= 11 is 0. The van der Waals surface area contributed by atoms with E-state index in [0.717, 1.165) is 34.7 Å². The van der Waals surface area contributed by atoms with Crippen LogP contribution in [0.3, 0.4) is 0 Å². The van der Waals surface area contributed by atoms with Gasteiger partial charge in [-0.3, -0.25) is 4.79 Å². The van der Waals surface area contributed by atoms with Crippen LogP contribution < -0.4 is 0 Å². The average molecular weight is 403 g/mol. The van der Waals surface area contributed by atoms with Crippen molar-refractivity contribution in [3.8, 4) is 23.2 Å². The van der Waals surface area contributed by atoms with Gasteiger partial charge in [-0.2, -0.15) is 0 Å². The normalized spacial score (nSPS) is 14.0. The molecular formula is C24H21NO5. The molecule has 0 amide bonds. The molecule has 1 aromatic heterocycles. The molecule has 0 N–H and O–H groups in total. The van der Waals surface area contributed by atoms with E-state index in [1.165, 1.54) is 7.11 Å². The predicted octanol–water partition coefficient (Wildman–Crippen LogP) is 4.28. The number of methoxy groups -OCH3 is 1. The molecule has 0 saturated heterocycles. The molecule has 30 heavy (non-hydrogen) atoms. The lowest BCUT2D eigenvalue weighted by atomic mass is 10.0. The maximum atomic E-state index is 12.3. The van der Waals surface area contributed by atoms with Crippen LogP contribution in [0.25, 0.3) is 22.1 Å². The minimum Gasteiger partial charge on any atom is -0.468 e. The van der Waals surface area contributed by atoms with Crippen molar-refractivity contribution in [2.75, 3.05) is 13.7 Å². The number of hydrogen-bond donors (Lipinski definition) is 0. The molecule has 3 aromatic rings. The zero-order chi connectivity index (χ0) is 21.3. The maximum Gasteiger partial charge on any atom is 0.344 e. The van der Waals surface area contributed by atoms with Gasteiger partial charge < -0.3 is 14.0 Å². The molecule has 1 aliphatic carbocycles. The lowest BCUT2D eigenvalue weighted by molar-refractivity contribution is -0.144. The second kappa shape index (κ2) is 7.68. The fourth-order valence-electron chi connectivity index (χ4n) is 3.37. The molecule has 6 nitrogen and oxygen atoms in total. The summed E-state index contributed by atoms with van der Waals surface area (Å²) in [6.07, 6.45) is 1.48. The van der Waals surface area contributed by atoms with E-state index >= 15 is 0 Å². The fraction of sp³-hybridized carbons (Fsp3) is 0.292. The molecule has 2 aromatic carbocycles. The zero-order valence-corrected chi connectivity index (χ0v) is 17.1. The van der Waals surface area contributed by atoms with Crippen molar-refractivity contribution in [3.63, 3.8) is 0 Å². The predicted molar refractivity (Wildman–Crippen MR) is 111 cm³/mol. The molecule has 1 aliphatic rings. The standard InChI is InChI=1S/C24H21NO5/c1-4-29-22(26)20-15(2)25-30-21(20)19-8-7-17-13-16(5-6-18(17)14-19)9-10-24(11-12-24)23(27)28-3/h5-8,13-14H,4,11-12H2,1-3H3. The first-order valence-corrected chi connectivity index (χ1v) is 9.76. The first-order valence-electron chi connectivity index (χ1n) is 9.76. The number of carbonyl (C=O) groups is 2. The molecule has 0 radical (unpaired) electrons. The molecule has 6 heteroatoms. The number of esters is 2. The molecule has 0 unspecified atom stereocenters. The second-order valence-electron chi connectivity index (χ2n) is 7.29. The lowest BCUT2D eigenvalue weighted by Crippen LogP contribution is -2.15. The van der Waals surface area contributed by atoms with E-state index in [4.69, 9.17) is 14.0 Å². The monoisotopic (exact) mass is 403 g/mol. The summed E-state index contributed by atoms with van der Waals surface area (Å²) < 4.78 is 15.4. The number of benzene rings is 2. The Morgan fingerprint density at radius 2 is 1.90 bits per heavy atom. The molecule has 1 saturated carbocycles. The van der Waals surface area contributed by atoms with Gasteiger partial charge >= 0.3 is 11.9 Å². The molecule has 1 heterocycles. The lowest BCUT2D eigenvalue weighted by Gasteiger charge is -2.05. The van der Waals surface area contributed by atoms with E-state index in [2.05, 4.69) is 17.0 Å². The van der Waals surface area contributed by atoms with Gasteiger partial charge in [-0.1, -0.05) is 35.2 Å². The molecule has 0 aliphatic heterocycles. The van der Waals surface area contributed by atoms with Gasteiger partial charge in [0.05, 0.1) is 19.4 Å². The first kappa shape index (κ1) is 19.7. The van der Waals surface area contributed by atoms with Crippen LogP contribution in [-0.2, 0) is 14.3 Å². The molecular weight excluding hydrogens is 382 g/mol. The van der Waals surface area contributed by atoms with Crippen LogP contribution in [-0.4, -0.2) is 30.8 Å². The Hall–Kier alpha value is -3.59. The van der Waals surface area contributed by atoms with Crippen molar-refractivity contribution in [1.29, 1.82) is 0 Å². The van der Waals surface area contributed by atoms with Crippen molar-refractivity contribution in [2.24, 2.45) is 5.41 Å². The molecule has 1 fully saturated rings. The number of ether oxygens (including phenoxy) is 2. The molecule has 152 valence electrons. The summed E-state index contributed by atoms with van der Waals surface area (Å²) in [7, 11) is 1.39. The third kappa shape index (κ3) is 3.55. The van der Waals surface area contributed by atoms with E-state index in [0.29, 0.717) is 17.0 Å². The van der Waals surface area contributed by atoms with Crippen molar-refractivity contribution < 1.29 is 23.6 Å². The summed E-state index contributed by atoms with van der Waals surface area (Å²) in [5, 5.41) is 5.89. The van der Waals surface area contributed by atoms with E-state index in [-0.39, 0.29) is 12.6 Å². The van der Waals surface area contributed by atoms with Crippen molar-refractivity contribution in [3.05, 3.63) is 53.2 Å². The largest absolute Gasteiger partial charge is 0.468 e. The van der Waals surface area contributed by atoms with E-state index in [9.17, 15) is 9.59 Å². The summed E-state index contributed by atoms with van der Waals surface area (Å²) in [6.45, 7) is 3.75. The molecule has 0 bridgehead atoms. The van der Waals surface area contributed by atoms with Gasteiger partial charge in [0.25, 0.3) is 0 Å². The Labute approximate surface area is 174 Å². The van der Waals surface area contributed by atoms with Crippen LogP contribution in [0.2, 0.25) is 0 Å². The van der Waals surface area contributed by atoms with Gasteiger partial charge in [0.1, 0.15) is 11.0 Å². The summed E-state index contributed by atoms with van der Waals surface area (Å²) in [5.41, 5.74) is 1.77. The Morgan fingerprint density at radius 1 is 1.17 bits per heavy atom. The topological polar surface area (TPSA) is 78.6 Å². The number of aromatic nitrogens is 1. The van der Waals surface area contributed by atoms with Crippen LogP contribution in [0, 0.1) is 24.2 Å². The number of rotatable bonds is 4. The highest BCUT2D eigenvalue weighted by molar-refractivity contribution is 5.98. The van der Waals surface area contributed by atoms with Gasteiger partial charge in [0.2, 0.25) is 0 Å². The smallest absolute Gasteiger partial charge is 0.344 e.